The van der Waals surface area contributed by atoms with E-state index in [1.807, 2.05) is 50.2 Å². The monoisotopic (exact) mass is 422 g/mol. The third-order valence-electron chi connectivity index (χ3n) is 5.35. The quantitative estimate of drug-likeness (QED) is 0.480. The second-order valence-corrected chi connectivity index (χ2v) is 8.22. The highest BCUT2D eigenvalue weighted by Gasteiger charge is 2.21. The summed E-state index contributed by atoms with van der Waals surface area (Å²) in [5.74, 6) is 3.05. The Balaban J connectivity index is 1.50. The van der Waals surface area contributed by atoms with Crippen LogP contribution in [-0.4, -0.2) is 30.0 Å². The second-order valence-electron chi connectivity index (χ2n) is 8.22. The van der Waals surface area contributed by atoms with Gasteiger partial charge in [0.2, 0.25) is 0 Å². The average Bonchev–Trinajstić information content (AvgIpc) is 3.46. The maximum absolute atomic E-state index is 13.3. The van der Waals surface area contributed by atoms with Crippen LogP contribution in [0.3, 0.4) is 0 Å². The molecule has 0 spiro atoms. The van der Waals surface area contributed by atoms with Gasteiger partial charge in [0.1, 0.15) is 17.3 Å². The fraction of sp³-hybridized carbons (Fsp3) is 0.400. The molecule has 6 nitrogen and oxygen atoms in total. The van der Waals surface area contributed by atoms with Gasteiger partial charge in [0.25, 0.3) is 5.91 Å². The highest BCUT2D eigenvalue weighted by Crippen LogP contribution is 2.25. The fourth-order valence-electron chi connectivity index (χ4n) is 3.84. The molecule has 31 heavy (non-hydrogen) atoms. The molecule has 0 radical (unpaired) electrons. The Bertz CT molecular complexity index is 954. The molecule has 0 N–H and O–H groups in total. The van der Waals surface area contributed by atoms with Gasteiger partial charge >= 0.3 is 0 Å². The van der Waals surface area contributed by atoms with Crippen LogP contribution in [0.5, 0.6) is 5.75 Å². The summed E-state index contributed by atoms with van der Waals surface area (Å²) in [5.41, 5.74) is 0.602. The summed E-state index contributed by atoms with van der Waals surface area (Å²) in [5, 5.41) is 0. The lowest BCUT2D eigenvalue weighted by Gasteiger charge is -2.26. The number of nitrogens with zero attached hydrogens (tertiary/aromatic N) is 2. The van der Waals surface area contributed by atoms with E-state index in [-0.39, 0.29) is 12.0 Å². The van der Waals surface area contributed by atoms with Crippen LogP contribution >= 0.6 is 0 Å². The minimum atomic E-state index is -0.0802. The molecule has 1 amide bonds. The van der Waals surface area contributed by atoms with Gasteiger partial charge in [0.05, 0.1) is 25.5 Å². The number of benzene rings is 1. The molecule has 0 aliphatic carbocycles. The Morgan fingerprint density at radius 2 is 1.74 bits per heavy atom. The van der Waals surface area contributed by atoms with Crippen molar-refractivity contribution in [2.45, 2.75) is 52.3 Å². The predicted molar refractivity (Wildman–Crippen MR) is 119 cm³/mol. The number of furan rings is 2. The van der Waals surface area contributed by atoms with Gasteiger partial charge in [-0.05, 0) is 75.6 Å². The normalized spacial score (nSPS) is 14.1. The summed E-state index contributed by atoms with van der Waals surface area (Å²) in [4.78, 5) is 17.3. The third-order valence-corrected chi connectivity index (χ3v) is 5.35. The molecule has 2 aromatic heterocycles. The van der Waals surface area contributed by atoms with E-state index < -0.39 is 0 Å². The molecule has 0 bridgehead atoms. The summed E-state index contributed by atoms with van der Waals surface area (Å²) in [6.45, 7) is 6.74. The average molecular weight is 423 g/mol. The molecule has 164 valence electrons. The van der Waals surface area contributed by atoms with Crippen molar-refractivity contribution in [1.82, 2.24) is 4.90 Å². The number of hydrogen-bond donors (Lipinski definition) is 0. The fourth-order valence-corrected chi connectivity index (χ4v) is 3.84. The van der Waals surface area contributed by atoms with Crippen LogP contribution in [0.4, 0.5) is 5.88 Å². The van der Waals surface area contributed by atoms with E-state index >= 15 is 0 Å². The molecule has 0 saturated carbocycles. The number of rotatable bonds is 8. The van der Waals surface area contributed by atoms with Crippen molar-refractivity contribution < 1.29 is 18.4 Å². The second kappa shape index (κ2) is 9.77. The van der Waals surface area contributed by atoms with Gasteiger partial charge in [-0.1, -0.05) is 0 Å². The maximum atomic E-state index is 13.3. The van der Waals surface area contributed by atoms with Crippen molar-refractivity contribution in [1.29, 1.82) is 0 Å². The lowest BCUT2D eigenvalue weighted by molar-refractivity contribution is 0.0705. The lowest BCUT2D eigenvalue weighted by atomic mass is 10.1. The molecule has 1 fully saturated rings. The van der Waals surface area contributed by atoms with Crippen LogP contribution in [0.2, 0.25) is 0 Å². The van der Waals surface area contributed by atoms with Crippen molar-refractivity contribution in [3.8, 4) is 5.75 Å². The Labute approximate surface area is 183 Å². The van der Waals surface area contributed by atoms with Crippen LogP contribution in [0.15, 0.2) is 63.6 Å². The van der Waals surface area contributed by atoms with Gasteiger partial charge in [0.15, 0.2) is 5.88 Å². The number of carbonyl (C=O) groups excluding carboxylic acids is 1. The van der Waals surface area contributed by atoms with E-state index in [0.717, 1.165) is 36.2 Å². The minimum Gasteiger partial charge on any atom is -0.491 e. The van der Waals surface area contributed by atoms with Gasteiger partial charge in [-0.25, -0.2) is 0 Å². The molecule has 6 heteroatoms. The summed E-state index contributed by atoms with van der Waals surface area (Å²) in [6, 6.07) is 14.9. The van der Waals surface area contributed by atoms with Crippen LogP contribution in [0, 0.1) is 0 Å². The number of ether oxygens (including phenoxy) is 1. The number of carbonyl (C=O) groups is 1. The van der Waals surface area contributed by atoms with Gasteiger partial charge in [0, 0.05) is 24.7 Å². The number of piperidine rings is 1. The Kier molecular flexibility index (Phi) is 6.65. The number of anilines is 1. The lowest BCUT2D eigenvalue weighted by Crippen LogP contribution is -2.30. The van der Waals surface area contributed by atoms with Gasteiger partial charge in [-0.3, -0.25) is 4.79 Å². The molecule has 1 aromatic carbocycles. The summed E-state index contributed by atoms with van der Waals surface area (Å²) < 4.78 is 17.3. The van der Waals surface area contributed by atoms with E-state index in [1.54, 1.807) is 23.3 Å². The molecule has 0 unspecified atom stereocenters. The molecular weight excluding hydrogens is 392 g/mol. The molecular formula is C25H30N2O4. The van der Waals surface area contributed by atoms with Crippen molar-refractivity contribution >= 4 is 11.8 Å². The zero-order valence-electron chi connectivity index (χ0n) is 18.3. The van der Waals surface area contributed by atoms with E-state index in [1.165, 1.54) is 19.3 Å². The number of amides is 1. The molecule has 0 atom stereocenters. The Morgan fingerprint density at radius 3 is 2.42 bits per heavy atom. The summed E-state index contributed by atoms with van der Waals surface area (Å²) in [6.07, 6.45) is 5.36. The molecule has 3 aromatic rings. The van der Waals surface area contributed by atoms with Gasteiger partial charge < -0.3 is 23.4 Å². The highest BCUT2D eigenvalue weighted by molar-refractivity contribution is 5.94. The zero-order chi connectivity index (χ0) is 21.6. The Morgan fingerprint density at radius 1 is 1.00 bits per heavy atom. The molecule has 3 heterocycles. The van der Waals surface area contributed by atoms with E-state index in [9.17, 15) is 4.79 Å². The Hall–Kier alpha value is -3.15. The first-order valence-corrected chi connectivity index (χ1v) is 11.0. The number of hydrogen-bond acceptors (Lipinski definition) is 5. The van der Waals surface area contributed by atoms with E-state index in [2.05, 4.69) is 4.90 Å². The molecule has 1 saturated heterocycles. The SMILES string of the molecule is CC(C)Oc1ccc(C(=O)N(Cc2ccco2)Cc2ccc(N3CCCCC3)o2)cc1. The van der Waals surface area contributed by atoms with Crippen LogP contribution in [-0.2, 0) is 13.1 Å². The molecule has 1 aliphatic rings. The predicted octanol–water partition coefficient (Wildman–Crippen LogP) is 5.49. The van der Waals surface area contributed by atoms with Gasteiger partial charge in [-0.2, -0.15) is 0 Å². The van der Waals surface area contributed by atoms with Crippen molar-refractivity contribution in [3.05, 3.63) is 71.9 Å². The van der Waals surface area contributed by atoms with E-state index in [0.29, 0.717) is 18.7 Å². The third kappa shape index (κ3) is 5.51. The standard InChI is InChI=1S/C25H30N2O4/c1-19(2)30-21-10-8-20(9-11-21)25(28)27(17-22-7-6-16-29-22)18-23-12-13-24(31-23)26-14-4-3-5-15-26/h6-13,16,19H,3-5,14-15,17-18H2,1-2H3. The first-order chi connectivity index (χ1) is 15.1. The largest absolute Gasteiger partial charge is 0.491 e. The minimum absolute atomic E-state index is 0.0802. The summed E-state index contributed by atoms with van der Waals surface area (Å²) >= 11 is 0. The van der Waals surface area contributed by atoms with Crippen LogP contribution < -0.4 is 9.64 Å². The maximum Gasteiger partial charge on any atom is 0.254 e. The molecule has 4 rings (SSSR count). The first kappa shape index (κ1) is 21.1. The first-order valence-electron chi connectivity index (χ1n) is 11.0. The smallest absolute Gasteiger partial charge is 0.254 e. The van der Waals surface area contributed by atoms with Crippen LogP contribution in [0.1, 0.15) is 55.0 Å². The summed E-state index contributed by atoms with van der Waals surface area (Å²) in [7, 11) is 0. The van der Waals surface area contributed by atoms with Crippen molar-refractivity contribution in [3.63, 3.8) is 0 Å². The van der Waals surface area contributed by atoms with Crippen molar-refractivity contribution in [2.75, 3.05) is 18.0 Å². The molecule has 1 aliphatic heterocycles. The van der Waals surface area contributed by atoms with Crippen molar-refractivity contribution in [2.24, 2.45) is 0 Å². The van der Waals surface area contributed by atoms with Crippen LogP contribution in [0.25, 0.3) is 0 Å². The van der Waals surface area contributed by atoms with E-state index in [4.69, 9.17) is 13.6 Å². The zero-order valence-corrected chi connectivity index (χ0v) is 18.3. The topological polar surface area (TPSA) is 59.1 Å². The highest BCUT2D eigenvalue weighted by atomic mass is 16.5. The van der Waals surface area contributed by atoms with Gasteiger partial charge in [-0.15, -0.1) is 0 Å².